The Balaban J connectivity index is 1.44. The number of anilines is 2. The number of piperidine rings is 2. The number of aromatic nitrogens is 6. The van der Waals surface area contributed by atoms with Crippen molar-refractivity contribution in [3.63, 3.8) is 0 Å². The molecule has 13 nitrogen and oxygen atoms in total. The minimum Gasteiger partial charge on any atom is -0.415 e. The van der Waals surface area contributed by atoms with Gasteiger partial charge in [0, 0.05) is 51.9 Å². The Hall–Kier alpha value is -3.55. The maximum absolute atomic E-state index is 14.4. The Morgan fingerprint density at radius 3 is 1.35 bits per heavy atom. The first-order valence-electron chi connectivity index (χ1n) is 14.4. The first-order valence-corrected chi connectivity index (χ1v) is 16.0. The second-order valence-electron chi connectivity index (χ2n) is 12.3. The second kappa shape index (κ2) is 11.3. The predicted octanol–water partition coefficient (Wildman–Crippen LogP) is 4.86. The second-order valence-corrected chi connectivity index (χ2v) is 14.3. The van der Waals surface area contributed by atoms with Crippen molar-refractivity contribution in [1.29, 1.82) is 0 Å². The zero-order valence-corrected chi connectivity index (χ0v) is 26.8. The van der Waals surface area contributed by atoms with Gasteiger partial charge in [0.1, 0.15) is 32.6 Å². The summed E-state index contributed by atoms with van der Waals surface area (Å²) < 4.78 is 67.6. The number of carbonyl (C=O) groups excluding carboxylic acids is 1. The molecular weight excluding hydrogens is 656 g/mol. The van der Waals surface area contributed by atoms with Crippen molar-refractivity contribution in [3.05, 3.63) is 23.2 Å². The van der Waals surface area contributed by atoms with Gasteiger partial charge in [0.15, 0.2) is 10.0 Å². The fourth-order valence-corrected chi connectivity index (χ4v) is 6.90. The summed E-state index contributed by atoms with van der Waals surface area (Å²) in [5.74, 6) is -6.79. The molecule has 248 valence electrons. The summed E-state index contributed by atoms with van der Waals surface area (Å²) in [6.07, 6.45) is -1.75. The quantitative estimate of drug-likeness (QED) is 0.191. The standard InChI is InChI=1S/C27H30F4N8O5S2/c1-24(2,41)22-36-34-16(43-22)18-32-13(20(45-18)38-9-5-26(28,29)6-10-38)15(40)14-21(39-11-7-27(30,31)8-12-39)46-19(33-14)17-35-37-23(44-17)25(3,4)42/h41-42H,5-12H2,1-4H3. The maximum Gasteiger partial charge on any atom is 0.277 e. The van der Waals surface area contributed by atoms with Crippen molar-refractivity contribution in [2.75, 3.05) is 36.0 Å². The van der Waals surface area contributed by atoms with Crippen LogP contribution in [0.15, 0.2) is 8.83 Å². The van der Waals surface area contributed by atoms with Gasteiger partial charge in [-0.05, 0) is 27.7 Å². The van der Waals surface area contributed by atoms with Crippen LogP contribution in [-0.4, -0.2) is 84.4 Å². The largest absolute Gasteiger partial charge is 0.415 e. The third kappa shape index (κ3) is 6.50. The van der Waals surface area contributed by atoms with Crippen LogP contribution in [0, 0.1) is 0 Å². The van der Waals surface area contributed by atoms with E-state index in [9.17, 15) is 32.6 Å². The molecule has 0 aliphatic carbocycles. The van der Waals surface area contributed by atoms with Gasteiger partial charge in [-0.3, -0.25) is 4.79 Å². The van der Waals surface area contributed by atoms with Crippen LogP contribution < -0.4 is 9.80 Å². The molecule has 2 aliphatic rings. The van der Waals surface area contributed by atoms with Crippen molar-refractivity contribution in [1.82, 2.24) is 30.4 Å². The zero-order chi connectivity index (χ0) is 33.2. The van der Waals surface area contributed by atoms with Crippen LogP contribution in [0.5, 0.6) is 0 Å². The van der Waals surface area contributed by atoms with Crippen LogP contribution in [0.2, 0.25) is 0 Å². The van der Waals surface area contributed by atoms with Crippen LogP contribution in [0.1, 0.15) is 81.3 Å². The Morgan fingerprint density at radius 1 is 0.696 bits per heavy atom. The molecular formula is C27H30F4N8O5S2. The fraction of sp³-hybridized carbons (Fsp3) is 0.593. The van der Waals surface area contributed by atoms with Crippen molar-refractivity contribution in [2.45, 2.75) is 76.4 Å². The molecule has 6 rings (SSSR count). The fourth-order valence-electron chi connectivity index (χ4n) is 4.83. The van der Waals surface area contributed by atoms with Crippen LogP contribution in [-0.2, 0) is 11.2 Å². The molecule has 0 atom stereocenters. The van der Waals surface area contributed by atoms with E-state index in [0.717, 1.165) is 22.7 Å². The van der Waals surface area contributed by atoms with Crippen LogP contribution >= 0.6 is 22.7 Å². The topological polar surface area (TPSA) is 168 Å². The molecule has 19 heteroatoms. The lowest BCUT2D eigenvalue weighted by Crippen LogP contribution is -2.40. The molecule has 46 heavy (non-hydrogen) atoms. The zero-order valence-electron chi connectivity index (χ0n) is 25.2. The van der Waals surface area contributed by atoms with Crippen molar-refractivity contribution in [2.24, 2.45) is 0 Å². The number of nitrogens with zero attached hydrogens (tertiary/aromatic N) is 8. The number of halogens is 4. The predicted molar refractivity (Wildman–Crippen MR) is 158 cm³/mol. The van der Waals surface area contributed by atoms with Gasteiger partial charge in [-0.25, -0.2) is 27.5 Å². The number of rotatable bonds is 8. The number of thiazole rings is 2. The maximum atomic E-state index is 14.4. The molecule has 0 saturated carbocycles. The van der Waals surface area contributed by atoms with E-state index in [2.05, 4.69) is 30.4 Å². The Kier molecular flexibility index (Phi) is 7.96. The first-order chi connectivity index (χ1) is 21.4. The highest BCUT2D eigenvalue weighted by Gasteiger charge is 2.40. The molecule has 0 amide bonds. The average molecular weight is 687 g/mol. The monoisotopic (exact) mass is 686 g/mol. The SMILES string of the molecule is CC(C)(O)c1nnc(-c2nc(C(=O)c3nc(-c4nnc(C(C)(C)O)o4)sc3N3CCC(F)(F)CC3)c(N3CCC(F)(F)CC3)s2)o1. The molecule has 4 aromatic heterocycles. The number of ketones is 1. The Labute approximate surface area is 267 Å². The van der Waals surface area contributed by atoms with Gasteiger partial charge in [-0.1, -0.05) is 22.7 Å². The van der Waals surface area contributed by atoms with Gasteiger partial charge in [0.05, 0.1) is 0 Å². The molecule has 0 unspecified atom stereocenters. The normalized spacial score (nSPS) is 18.7. The van der Waals surface area contributed by atoms with E-state index in [1.165, 1.54) is 27.7 Å². The molecule has 2 fully saturated rings. The van der Waals surface area contributed by atoms with E-state index in [1.807, 2.05) is 0 Å². The van der Waals surface area contributed by atoms with E-state index >= 15 is 0 Å². The molecule has 2 N–H and O–H groups in total. The highest BCUT2D eigenvalue weighted by molar-refractivity contribution is 7.20. The van der Waals surface area contributed by atoms with Crippen molar-refractivity contribution < 1.29 is 41.4 Å². The lowest BCUT2D eigenvalue weighted by Gasteiger charge is -2.33. The first kappa shape index (κ1) is 32.4. The molecule has 6 heterocycles. The summed E-state index contributed by atoms with van der Waals surface area (Å²) in [6, 6.07) is 0. The van der Waals surface area contributed by atoms with E-state index < -0.39 is 54.5 Å². The molecule has 0 spiro atoms. The lowest BCUT2D eigenvalue weighted by atomic mass is 10.1. The summed E-state index contributed by atoms with van der Waals surface area (Å²) >= 11 is 1.96. The van der Waals surface area contributed by atoms with Gasteiger partial charge < -0.3 is 28.8 Å². The number of aliphatic hydroxyl groups is 2. The van der Waals surface area contributed by atoms with Crippen LogP contribution in [0.4, 0.5) is 27.6 Å². The summed E-state index contributed by atoms with van der Waals surface area (Å²) in [5, 5.41) is 37.0. The van der Waals surface area contributed by atoms with Gasteiger partial charge in [0.25, 0.3) is 23.6 Å². The molecule has 2 saturated heterocycles. The van der Waals surface area contributed by atoms with Gasteiger partial charge in [-0.2, -0.15) is 0 Å². The minimum atomic E-state index is -2.86. The third-order valence-electron chi connectivity index (χ3n) is 7.48. The van der Waals surface area contributed by atoms with Gasteiger partial charge >= 0.3 is 0 Å². The van der Waals surface area contributed by atoms with Crippen molar-refractivity contribution in [3.8, 4) is 21.8 Å². The van der Waals surface area contributed by atoms with E-state index in [1.54, 1.807) is 9.80 Å². The molecule has 4 aromatic rings. The minimum absolute atomic E-state index is 0.0637. The van der Waals surface area contributed by atoms with E-state index in [0.29, 0.717) is 0 Å². The summed E-state index contributed by atoms with van der Waals surface area (Å²) in [4.78, 5) is 26.6. The average Bonchev–Trinajstić information content (AvgIpc) is 3.76. The van der Waals surface area contributed by atoms with E-state index in [4.69, 9.17) is 8.83 Å². The summed E-state index contributed by atoms with van der Waals surface area (Å²) in [6.45, 7) is 5.55. The molecule has 2 aliphatic heterocycles. The van der Waals surface area contributed by atoms with Gasteiger partial charge in [-0.15, -0.1) is 20.4 Å². The van der Waals surface area contributed by atoms with E-state index in [-0.39, 0.29) is 81.1 Å². The lowest BCUT2D eigenvalue weighted by molar-refractivity contribution is -0.0225. The number of hydrogen-bond acceptors (Lipinski definition) is 15. The highest BCUT2D eigenvalue weighted by atomic mass is 32.1. The third-order valence-corrected chi connectivity index (χ3v) is 9.68. The Morgan fingerprint density at radius 2 is 1.04 bits per heavy atom. The van der Waals surface area contributed by atoms with Crippen LogP contribution in [0.3, 0.4) is 0 Å². The smallest absolute Gasteiger partial charge is 0.277 e. The van der Waals surface area contributed by atoms with Gasteiger partial charge in [0.2, 0.25) is 17.6 Å². The van der Waals surface area contributed by atoms with Crippen LogP contribution in [0.25, 0.3) is 21.8 Å². The molecule has 0 aromatic carbocycles. The van der Waals surface area contributed by atoms with Crippen molar-refractivity contribution >= 4 is 38.5 Å². The summed E-state index contributed by atoms with van der Waals surface area (Å²) in [5.41, 5.74) is -3.17. The number of alkyl halides is 4. The highest BCUT2D eigenvalue weighted by Crippen LogP contribution is 2.43. The summed E-state index contributed by atoms with van der Waals surface area (Å²) in [7, 11) is 0. The number of hydrogen-bond donors (Lipinski definition) is 2. The molecule has 0 bridgehead atoms. The number of carbonyl (C=O) groups is 1. The Bertz CT molecular complexity index is 1610. The molecule has 0 radical (unpaired) electrons.